The van der Waals surface area contributed by atoms with Crippen LogP contribution in [0.5, 0.6) is 5.75 Å². The normalized spacial score (nSPS) is 10.5. The molecule has 128 valence electrons. The lowest BCUT2D eigenvalue weighted by Gasteiger charge is -2.07. The molecule has 0 spiro atoms. The number of rotatable bonds is 5. The fourth-order valence-corrected chi connectivity index (χ4v) is 2.75. The molecule has 1 amide bonds. The largest absolute Gasteiger partial charge is 0.497 e. The van der Waals surface area contributed by atoms with Gasteiger partial charge in [-0.15, -0.1) is 0 Å². The third kappa shape index (κ3) is 3.83. The van der Waals surface area contributed by atoms with Crippen molar-refractivity contribution in [1.82, 2.24) is 15.1 Å². The molecule has 0 saturated carbocycles. The first-order chi connectivity index (χ1) is 12.1. The highest BCUT2D eigenvalue weighted by molar-refractivity contribution is 6.33. The van der Waals surface area contributed by atoms with E-state index < -0.39 is 0 Å². The van der Waals surface area contributed by atoms with Gasteiger partial charge in [-0.2, -0.15) is 5.10 Å². The maximum Gasteiger partial charge on any atom is 0.255 e. The predicted molar refractivity (Wildman–Crippen MR) is 97.8 cm³/mol. The number of aromatic nitrogens is 2. The fraction of sp³-hybridized carbons (Fsp3) is 0.158. The van der Waals surface area contributed by atoms with E-state index in [4.69, 9.17) is 16.3 Å². The quantitative estimate of drug-likeness (QED) is 0.759. The Balaban J connectivity index is 1.79. The van der Waals surface area contributed by atoms with Gasteiger partial charge >= 0.3 is 0 Å². The lowest BCUT2D eigenvalue weighted by atomic mass is 10.1. The van der Waals surface area contributed by atoms with Crippen molar-refractivity contribution >= 4 is 17.5 Å². The first-order valence-electron chi connectivity index (χ1n) is 7.78. The molecule has 1 N–H and O–H groups in total. The number of benzene rings is 2. The van der Waals surface area contributed by atoms with Crippen LogP contribution in [0, 0.1) is 0 Å². The summed E-state index contributed by atoms with van der Waals surface area (Å²) in [5.41, 5.74) is 2.78. The topological polar surface area (TPSA) is 56.1 Å². The summed E-state index contributed by atoms with van der Waals surface area (Å²) in [6, 6.07) is 14.9. The van der Waals surface area contributed by atoms with Crippen LogP contribution in [0.25, 0.3) is 11.3 Å². The molecule has 0 saturated heterocycles. The second kappa shape index (κ2) is 7.40. The SMILES string of the molecule is COc1ccc(CNC(=O)c2cn(C)nc2-c2ccccc2Cl)cc1. The summed E-state index contributed by atoms with van der Waals surface area (Å²) >= 11 is 6.25. The van der Waals surface area contributed by atoms with Crippen LogP contribution in [0.4, 0.5) is 0 Å². The minimum Gasteiger partial charge on any atom is -0.497 e. The number of halogens is 1. The molecule has 2 aromatic carbocycles. The zero-order chi connectivity index (χ0) is 17.8. The summed E-state index contributed by atoms with van der Waals surface area (Å²) in [5, 5.41) is 7.88. The summed E-state index contributed by atoms with van der Waals surface area (Å²) in [5.74, 6) is 0.585. The Kier molecular flexibility index (Phi) is 5.05. The molecule has 6 heteroatoms. The van der Waals surface area contributed by atoms with Crippen LogP contribution in [-0.4, -0.2) is 22.8 Å². The van der Waals surface area contributed by atoms with Gasteiger partial charge in [-0.1, -0.05) is 41.9 Å². The van der Waals surface area contributed by atoms with Crippen molar-refractivity contribution in [2.75, 3.05) is 7.11 Å². The minimum absolute atomic E-state index is 0.196. The van der Waals surface area contributed by atoms with E-state index in [0.29, 0.717) is 22.8 Å². The summed E-state index contributed by atoms with van der Waals surface area (Å²) in [7, 11) is 3.40. The maximum absolute atomic E-state index is 12.6. The second-order valence-corrected chi connectivity index (χ2v) is 5.98. The number of carbonyl (C=O) groups is 1. The Morgan fingerprint density at radius 2 is 1.92 bits per heavy atom. The van der Waals surface area contributed by atoms with Gasteiger partial charge in [0.25, 0.3) is 5.91 Å². The summed E-state index contributed by atoms with van der Waals surface area (Å²) in [4.78, 5) is 12.6. The molecular formula is C19H18ClN3O2. The van der Waals surface area contributed by atoms with E-state index in [9.17, 15) is 4.79 Å². The van der Waals surface area contributed by atoms with Crippen molar-refractivity contribution in [2.45, 2.75) is 6.54 Å². The van der Waals surface area contributed by atoms with E-state index in [0.717, 1.165) is 16.9 Å². The Morgan fingerprint density at radius 1 is 1.20 bits per heavy atom. The number of nitrogens with one attached hydrogen (secondary N) is 1. The summed E-state index contributed by atoms with van der Waals surface area (Å²) in [6.45, 7) is 0.416. The second-order valence-electron chi connectivity index (χ2n) is 5.58. The Hall–Kier alpha value is -2.79. The van der Waals surface area contributed by atoms with Crippen molar-refractivity contribution in [3.8, 4) is 17.0 Å². The van der Waals surface area contributed by atoms with Crippen molar-refractivity contribution < 1.29 is 9.53 Å². The number of hydrogen-bond donors (Lipinski definition) is 1. The van der Waals surface area contributed by atoms with Crippen LogP contribution in [0.3, 0.4) is 0 Å². The van der Waals surface area contributed by atoms with Gasteiger partial charge in [-0.3, -0.25) is 9.48 Å². The first-order valence-corrected chi connectivity index (χ1v) is 8.16. The molecule has 1 heterocycles. The van der Waals surface area contributed by atoms with Gasteiger partial charge in [0.1, 0.15) is 11.4 Å². The van der Waals surface area contributed by atoms with Gasteiger partial charge in [-0.05, 0) is 23.8 Å². The molecule has 0 unspecified atom stereocenters. The average Bonchev–Trinajstić information content (AvgIpc) is 3.02. The van der Waals surface area contributed by atoms with E-state index in [-0.39, 0.29) is 5.91 Å². The number of hydrogen-bond acceptors (Lipinski definition) is 3. The lowest BCUT2D eigenvalue weighted by molar-refractivity contribution is 0.0951. The highest BCUT2D eigenvalue weighted by Crippen LogP contribution is 2.29. The van der Waals surface area contributed by atoms with Crippen LogP contribution in [0.2, 0.25) is 5.02 Å². The smallest absolute Gasteiger partial charge is 0.255 e. The van der Waals surface area contributed by atoms with E-state index in [1.54, 1.807) is 31.1 Å². The third-order valence-corrected chi connectivity index (χ3v) is 4.14. The van der Waals surface area contributed by atoms with Crippen molar-refractivity contribution in [1.29, 1.82) is 0 Å². The van der Waals surface area contributed by atoms with Crippen LogP contribution in [0.1, 0.15) is 15.9 Å². The average molecular weight is 356 g/mol. The molecule has 0 aliphatic heterocycles. The van der Waals surface area contributed by atoms with Crippen molar-refractivity contribution in [2.24, 2.45) is 7.05 Å². The Labute approximate surface area is 151 Å². The van der Waals surface area contributed by atoms with Crippen molar-refractivity contribution in [3.63, 3.8) is 0 Å². The van der Waals surface area contributed by atoms with Crippen LogP contribution < -0.4 is 10.1 Å². The van der Waals surface area contributed by atoms with Crippen LogP contribution in [-0.2, 0) is 13.6 Å². The third-order valence-electron chi connectivity index (χ3n) is 3.81. The monoisotopic (exact) mass is 355 g/mol. The number of amides is 1. The number of aryl methyl sites for hydroxylation is 1. The molecule has 0 atom stereocenters. The zero-order valence-electron chi connectivity index (χ0n) is 14.0. The molecule has 3 rings (SSSR count). The van der Waals surface area contributed by atoms with E-state index in [2.05, 4.69) is 10.4 Å². The number of carbonyl (C=O) groups excluding carboxylic acids is 1. The fourth-order valence-electron chi connectivity index (χ4n) is 2.53. The molecule has 25 heavy (non-hydrogen) atoms. The van der Waals surface area contributed by atoms with Gasteiger partial charge in [0.2, 0.25) is 0 Å². The molecule has 5 nitrogen and oxygen atoms in total. The standard InChI is InChI=1S/C19H18ClN3O2/c1-23-12-16(18(22-23)15-5-3-4-6-17(15)20)19(24)21-11-13-7-9-14(25-2)10-8-13/h3-10,12H,11H2,1-2H3,(H,21,24). The van der Waals surface area contributed by atoms with E-state index in [1.807, 2.05) is 42.5 Å². The van der Waals surface area contributed by atoms with Crippen LogP contribution in [0.15, 0.2) is 54.7 Å². The molecule has 0 radical (unpaired) electrons. The number of nitrogens with zero attached hydrogens (tertiary/aromatic N) is 2. The van der Waals surface area contributed by atoms with Gasteiger partial charge < -0.3 is 10.1 Å². The highest BCUT2D eigenvalue weighted by Gasteiger charge is 2.18. The highest BCUT2D eigenvalue weighted by atomic mass is 35.5. The molecule has 0 aliphatic rings. The Morgan fingerprint density at radius 3 is 2.60 bits per heavy atom. The van der Waals surface area contributed by atoms with Gasteiger partial charge in [-0.25, -0.2) is 0 Å². The molecule has 3 aromatic rings. The summed E-state index contributed by atoms with van der Waals surface area (Å²) < 4.78 is 6.74. The molecular weight excluding hydrogens is 338 g/mol. The first kappa shape index (κ1) is 17.0. The molecule has 1 aromatic heterocycles. The number of methoxy groups -OCH3 is 1. The molecule has 0 bridgehead atoms. The molecule has 0 fully saturated rings. The van der Waals surface area contributed by atoms with Gasteiger partial charge in [0, 0.05) is 25.4 Å². The number of ether oxygens (including phenoxy) is 1. The van der Waals surface area contributed by atoms with E-state index >= 15 is 0 Å². The predicted octanol–water partition coefficient (Wildman–Crippen LogP) is 3.68. The van der Waals surface area contributed by atoms with Crippen LogP contribution >= 0.6 is 11.6 Å². The lowest BCUT2D eigenvalue weighted by Crippen LogP contribution is -2.23. The minimum atomic E-state index is -0.196. The molecule has 0 aliphatic carbocycles. The Bertz CT molecular complexity index is 888. The van der Waals surface area contributed by atoms with Gasteiger partial charge in [0.05, 0.1) is 17.7 Å². The van der Waals surface area contributed by atoms with Gasteiger partial charge in [0.15, 0.2) is 0 Å². The summed E-state index contributed by atoms with van der Waals surface area (Å²) in [6.07, 6.45) is 1.70. The zero-order valence-corrected chi connectivity index (χ0v) is 14.7. The van der Waals surface area contributed by atoms with Crippen molar-refractivity contribution in [3.05, 3.63) is 70.9 Å². The maximum atomic E-state index is 12.6. The van der Waals surface area contributed by atoms with E-state index in [1.165, 1.54) is 0 Å².